The van der Waals surface area contributed by atoms with Crippen LogP contribution in [0.3, 0.4) is 0 Å². The normalized spacial score (nSPS) is 10.5. The highest BCUT2D eigenvalue weighted by Crippen LogP contribution is 2.25. The summed E-state index contributed by atoms with van der Waals surface area (Å²) in [5, 5.41) is 2.89. The van der Waals surface area contributed by atoms with Gasteiger partial charge in [-0.05, 0) is 6.07 Å². The lowest BCUT2D eigenvalue weighted by molar-refractivity contribution is 0.100. The highest BCUT2D eigenvalue weighted by atomic mass is 32.1. The second-order valence-electron chi connectivity index (χ2n) is 2.77. The van der Waals surface area contributed by atoms with Crippen molar-refractivity contribution < 1.29 is 4.79 Å². The molecule has 0 unspecified atom stereocenters. The lowest BCUT2D eigenvalue weighted by Gasteiger charge is -1.93. The zero-order valence-corrected chi connectivity index (χ0v) is 7.80. The number of rotatable bonds is 2. The summed E-state index contributed by atoms with van der Waals surface area (Å²) in [4.78, 5) is 11.4. The molecular formula is C10H9NOS. The molecule has 13 heavy (non-hydrogen) atoms. The van der Waals surface area contributed by atoms with Gasteiger partial charge < -0.3 is 5.73 Å². The molecule has 2 nitrogen and oxygen atoms in total. The van der Waals surface area contributed by atoms with E-state index in [0.717, 1.165) is 15.6 Å². The zero-order valence-electron chi connectivity index (χ0n) is 6.99. The minimum absolute atomic E-state index is 0.0115. The van der Waals surface area contributed by atoms with Gasteiger partial charge in [0, 0.05) is 21.0 Å². The van der Waals surface area contributed by atoms with Crippen LogP contribution in [0, 0.1) is 0 Å². The van der Waals surface area contributed by atoms with Crippen LogP contribution in [-0.2, 0) is 0 Å². The van der Waals surface area contributed by atoms with Gasteiger partial charge in [-0.3, -0.25) is 4.79 Å². The summed E-state index contributed by atoms with van der Waals surface area (Å²) in [5.41, 5.74) is 6.06. The van der Waals surface area contributed by atoms with E-state index in [1.54, 1.807) is 11.3 Å². The summed E-state index contributed by atoms with van der Waals surface area (Å²) in [6.45, 7) is 0.0841. The zero-order chi connectivity index (χ0) is 9.26. The Kier molecular flexibility index (Phi) is 2.12. The Hall–Kier alpha value is -1.19. The number of Topliss-reactive ketones (excluding diaryl/α,β-unsaturated/α-hetero) is 1. The second kappa shape index (κ2) is 3.28. The summed E-state index contributed by atoms with van der Waals surface area (Å²) in [7, 11) is 0. The summed E-state index contributed by atoms with van der Waals surface area (Å²) >= 11 is 1.58. The first-order valence-electron chi connectivity index (χ1n) is 4.02. The van der Waals surface area contributed by atoms with E-state index >= 15 is 0 Å². The minimum atomic E-state index is 0.0115. The molecule has 0 fully saturated rings. The summed E-state index contributed by atoms with van der Waals surface area (Å²) in [6.07, 6.45) is 0. The number of carbonyl (C=O) groups is 1. The number of carbonyl (C=O) groups excluding carboxylic acids is 1. The molecule has 0 aliphatic heterocycles. The van der Waals surface area contributed by atoms with Gasteiger partial charge in [0.15, 0.2) is 5.78 Å². The predicted octanol–water partition coefficient (Wildman–Crippen LogP) is 2.04. The molecule has 2 aromatic rings. The van der Waals surface area contributed by atoms with Crippen LogP contribution in [0.25, 0.3) is 10.1 Å². The number of thiophene rings is 1. The van der Waals surface area contributed by atoms with E-state index in [4.69, 9.17) is 5.73 Å². The highest BCUT2D eigenvalue weighted by Gasteiger charge is 2.09. The van der Waals surface area contributed by atoms with Crippen molar-refractivity contribution in [1.29, 1.82) is 0 Å². The van der Waals surface area contributed by atoms with Gasteiger partial charge >= 0.3 is 0 Å². The van der Waals surface area contributed by atoms with Crippen LogP contribution >= 0.6 is 11.3 Å². The van der Waals surface area contributed by atoms with Crippen molar-refractivity contribution in [3.8, 4) is 0 Å². The number of fused-ring (bicyclic) bond motifs is 1. The van der Waals surface area contributed by atoms with Crippen LogP contribution in [0.4, 0.5) is 0 Å². The molecule has 0 spiro atoms. The molecule has 0 atom stereocenters. The van der Waals surface area contributed by atoms with Crippen LogP contribution in [0.15, 0.2) is 29.6 Å². The van der Waals surface area contributed by atoms with Crippen LogP contribution in [0.5, 0.6) is 0 Å². The number of benzene rings is 1. The molecule has 0 amide bonds. The maximum Gasteiger partial charge on any atom is 0.177 e. The maximum atomic E-state index is 11.4. The first kappa shape index (κ1) is 8.41. The lowest BCUT2D eigenvalue weighted by Crippen LogP contribution is -2.12. The molecule has 2 N–H and O–H groups in total. The monoisotopic (exact) mass is 191 g/mol. The van der Waals surface area contributed by atoms with Crippen molar-refractivity contribution in [3.63, 3.8) is 0 Å². The Morgan fingerprint density at radius 3 is 2.92 bits per heavy atom. The molecule has 1 heterocycles. The van der Waals surface area contributed by atoms with E-state index in [-0.39, 0.29) is 12.3 Å². The topological polar surface area (TPSA) is 43.1 Å². The van der Waals surface area contributed by atoms with E-state index in [1.165, 1.54) is 0 Å². The molecule has 1 aromatic carbocycles. The van der Waals surface area contributed by atoms with Crippen LogP contribution < -0.4 is 5.73 Å². The number of hydrogen-bond donors (Lipinski definition) is 1. The van der Waals surface area contributed by atoms with Crippen molar-refractivity contribution in [1.82, 2.24) is 0 Å². The van der Waals surface area contributed by atoms with Crippen molar-refractivity contribution in [2.45, 2.75) is 0 Å². The first-order valence-corrected chi connectivity index (χ1v) is 4.90. The maximum absolute atomic E-state index is 11.4. The van der Waals surface area contributed by atoms with E-state index in [0.29, 0.717) is 0 Å². The standard InChI is InChI=1S/C10H9NOS/c11-5-9(12)8-6-13-10-4-2-1-3-7(8)10/h1-4,6H,5,11H2. The van der Waals surface area contributed by atoms with Crippen molar-refractivity contribution in [2.24, 2.45) is 5.73 Å². The number of hydrogen-bond acceptors (Lipinski definition) is 3. The molecule has 0 bridgehead atoms. The van der Waals surface area contributed by atoms with Gasteiger partial charge in [0.2, 0.25) is 0 Å². The van der Waals surface area contributed by atoms with Gasteiger partial charge in [0.05, 0.1) is 6.54 Å². The van der Waals surface area contributed by atoms with Crippen molar-refractivity contribution in [3.05, 3.63) is 35.2 Å². The molecule has 0 saturated heterocycles. The molecule has 0 radical (unpaired) electrons. The van der Waals surface area contributed by atoms with E-state index in [1.807, 2.05) is 29.6 Å². The summed E-state index contributed by atoms with van der Waals surface area (Å²) < 4.78 is 1.14. The smallest absolute Gasteiger partial charge is 0.177 e. The molecule has 66 valence electrons. The Morgan fingerprint density at radius 2 is 2.15 bits per heavy atom. The van der Waals surface area contributed by atoms with Gasteiger partial charge in [0.25, 0.3) is 0 Å². The van der Waals surface area contributed by atoms with E-state index in [2.05, 4.69) is 0 Å². The van der Waals surface area contributed by atoms with Gasteiger partial charge in [0.1, 0.15) is 0 Å². The highest BCUT2D eigenvalue weighted by molar-refractivity contribution is 7.17. The lowest BCUT2D eigenvalue weighted by atomic mass is 10.1. The molecular weight excluding hydrogens is 182 g/mol. The Labute approximate surface area is 80.0 Å². The molecule has 1 aromatic heterocycles. The molecule has 3 heteroatoms. The average molecular weight is 191 g/mol. The Bertz CT molecular complexity index is 447. The van der Waals surface area contributed by atoms with Gasteiger partial charge in [-0.15, -0.1) is 11.3 Å². The Balaban J connectivity index is 2.64. The van der Waals surface area contributed by atoms with E-state index < -0.39 is 0 Å². The van der Waals surface area contributed by atoms with Gasteiger partial charge in [-0.25, -0.2) is 0 Å². The molecule has 0 saturated carbocycles. The number of nitrogens with two attached hydrogens (primary N) is 1. The fourth-order valence-corrected chi connectivity index (χ4v) is 2.27. The van der Waals surface area contributed by atoms with Gasteiger partial charge in [-0.1, -0.05) is 18.2 Å². The fourth-order valence-electron chi connectivity index (χ4n) is 1.30. The fraction of sp³-hybridized carbons (Fsp3) is 0.100. The van der Waals surface area contributed by atoms with Crippen molar-refractivity contribution >= 4 is 27.2 Å². The minimum Gasteiger partial charge on any atom is -0.324 e. The third-order valence-electron chi connectivity index (χ3n) is 1.97. The third kappa shape index (κ3) is 1.36. The average Bonchev–Trinajstić information content (AvgIpc) is 2.60. The number of ketones is 1. The first-order chi connectivity index (χ1) is 6.33. The molecule has 0 aliphatic carbocycles. The second-order valence-corrected chi connectivity index (χ2v) is 3.68. The predicted molar refractivity (Wildman–Crippen MR) is 55.2 cm³/mol. The summed E-state index contributed by atoms with van der Waals surface area (Å²) in [5.74, 6) is 0.0115. The Morgan fingerprint density at radius 1 is 1.38 bits per heavy atom. The summed E-state index contributed by atoms with van der Waals surface area (Å²) in [6, 6.07) is 7.86. The SMILES string of the molecule is NCC(=O)c1csc2ccccc12. The molecule has 0 aliphatic rings. The van der Waals surface area contributed by atoms with Gasteiger partial charge in [-0.2, -0.15) is 0 Å². The quantitative estimate of drug-likeness (QED) is 0.738. The largest absolute Gasteiger partial charge is 0.324 e. The third-order valence-corrected chi connectivity index (χ3v) is 2.93. The van der Waals surface area contributed by atoms with Crippen molar-refractivity contribution in [2.75, 3.05) is 6.54 Å². The molecule has 2 rings (SSSR count). The van der Waals surface area contributed by atoms with Crippen LogP contribution in [-0.4, -0.2) is 12.3 Å². The van der Waals surface area contributed by atoms with Crippen LogP contribution in [0.2, 0.25) is 0 Å². The van der Waals surface area contributed by atoms with Crippen LogP contribution in [0.1, 0.15) is 10.4 Å². The van der Waals surface area contributed by atoms with E-state index in [9.17, 15) is 4.79 Å².